The quantitative estimate of drug-likeness (QED) is 0.402. The lowest BCUT2D eigenvalue weighted by molar-refractivity contribution is -0.384. The molecule has 8 heteroatoms. The highest BCUT2D eigenvalue weighted by atomic mass is 31.1. The molecule has 4 rings (SSSR count). The number of ether oxygens (including phenoxy) is 2. The molecule has 0 N–H and O–H groups in total. The van der Waals surface area contributed by atoms with Gasteiger partial charge >= 0.3 is 0 Å². The first-order valence-electron chi connectivity index (χ1n) is 10.3. The van der Waals surface area contributed by atoms with E-state index < -0.39 is 13.0 Å². The van der Waals surface area contributed by atoms with Crippen LogP contribution in [0.2, 0.25) is 0 Å². The highest BCUT2D eigenvalue weighted by molar-refractivity contribution is 7.40. The van der Waals surface area contributed by atoms with Gasteiger partial charge in [0.15, 0.2) is 8.03 Å². The second-order valence-electron chi connectivity index (χ2n) is 9.80. The molecule has 0 saturated carbocycles. The van der Waals surface area contributed by atoms with E-state index in [1.807, 2.05) is 0 Å². The monoisotopic (exact) mass is 423 g/mol. The van der Waals surface area contributed by atoms with Gasteiger partial charge in [-0.2, -0.15) is 0 Å². The number of nitro benzene ring substituents is 1. The molecule has 0 bridgehead atoms. The lowest BCUT2D eigenvalue weighted by atomic mass is 9.84. The molecule has 0 spiro atoms. The summed E-state index contributed by atoms with van der Waals surface area (Å²) < 4.78 is 32.0. The predicted octanol–water partition coefficient (Wildman–Crippen LogP) is 4.52. The average Bonchev–Trinajstić information content (AvgIpc) is 3.15. The normalized spacial score (nSPS) is 37.9. The van der Waals surface area contributed by atoms with Crippen LogP contribution in [-0.4, -0.2) is 40.1 Å². The SMILES string of the molecule is CC1(C)CCC(C2O[PH](=O)C(Cc3ccc([N+](=O)[O-])cc3)C3OC(C)(C)CC23)O1. The van der Waals surface area contributed by atoms with Crippen molar-refractivity contribution in [2.75, 3.05) is 0 Å². The van der Waals surface area contributed by atoms with Crippen LogP contribution in [0.25, 0.3) is 0 Å². The van der Waals surface area contributed by atoms with Crippen molar-refractivity contribution >= 4 is 13.7 Å². The predicted molar refractivity (Wildman–Crippen MR) is 110 cm³/mol. The molecule has 3 fully saturated rings. The largest absolute Gasteiger partial charge is 0.371 e. The van der Waals surface area contributed by atoms with Gasteiger partial charge in [0.05, 0.1) is 40.1 Å². The average molecular weight is 423 g/mol. The van der Waals surface area contributed by atoms with Crippen molar-refractivity contribution in [3.63, 3.8) is 0 Å². The molecule has 0 radical (unpaired) electrons. The van der Waals surface area contributed by atoms with Crippen molar-refractivity contribution in [3.8, 4) is 0 Å². The van der Waals surface area contributed by atoms with Gasteiger partial charge in [0.2, 0.25) is 0 Å². The molecule has 1 aromatic carbocycles. The molecule has 3 saturated heterocycles. The summed E-state index contributed by atoms with van der Waals surface area (Å²) in [4.78, 5) is 10.5. The molecular formula is C21H30NO6P. The molecule has 0 aliphatic carbocycles. The summed E-state index contributed by atoms with van der Waals surface area (Å²) in [5.74, 6) is 0.134. The Morgan fingerprint density at radius 3 is 2.38 bits per heavy atom. The Bertz CT molecular complexity index is 808. The minimum atomic E-state index is -2.37. The minimum Gasteiger partial charge on any atom is -0.371 e. The molecule has 29 heavy (non-hydrogen) atoms. The Kier molecular flexibility index (Phi) is 5.39. The van der Waals surface area contributed by atoms with E-state index in [-0.39, 0.29) is 46.8 Å². The van der Waals surface area contributed by atoms with Crippen LogP contribution in [-0.2, 0) is 25.0 Å². The van der Waals surface area contributed by atoms with Gasteiger partial charge in [0, 0.05) is 18.1 Å². The van der Waals surface area contributed by atoms with Crippen LogP contribution in [0.4, 0.5) is 5.69 Å². The topological polar surface area (TPSA) is 87.9 Å². The van der Waals surface area contributed by atoms with Crippen LogP contribution in [0.15, 0.2) is 24.3 Å². The van der Waals surface area contributed by atoms with E-state index in [0.29, 0.717) is 6.42 Å². The maximum Gasteiger partial charge on any atom is 0.269 e. The second-order valence-corrected chi connectivity index (χ2v) is 11.4. The maximum absolute atomic E-state index is 13.2. The summed E-state index contributed by atoms with van der Waals surface area (Å²) in [6, 6.07) is 6.45. The van der Waals surface area contributed by atoms with Crippen molar-refractivity contribution in [2.45, 2.75) is 88.6 Å². The third-order valence-corrected chi connectivity index (χ3v) is 8.09. The molecule has 6 atom stereocenters. The van der Waals surface area contributed by atoms with Crippen molar-refractivity contribution in [1.82, 2.24) is 0 Å². The number of nitrogens with zero attached hydrogens (tertiary/aromatic N) is 1. The fourth-order valence-electron chi connectivity index (χ4n) is 5.12. The molecule has 0 amide bonds. The van der Waals surface area contributed by atoms with Gasteiger partial charge in [-0.1, -0.05) is 12.1 Å². The van der Waals surface area contributed by atoms with Crippen molar-refractivity contribution in [3.05, 3.63) is 39.9 Å². The highest BCUT2D eigenvalue weighted by Crippen LogP contribution is 2.54. The van der Waals surface area contributed by atoms with E-state index in [1.165, 1.54) is 12.1 Å². The van der Waals surface area contributed by atoms with E-state index >= 15 is 0 Å². The third-order valence-electron chi connectivity index (χ3n) is 6.45. The third kappa shape index (κ3) is 4.29. The zero-order valence-corrected chi connectivity index (χ0v) is 18.4. The van der Waals surface area contributed by atoms with Crippen LogP contribution >= 0.6 is 8.03 Å². The fraction of sp³-hybridized carbons (Fsp3) is 0.714. The second kappa shape index (κ2) is 7.45. The van der Waals surface area contributed by atoms with Gasteiger partial charge < -0.3 is 14.0 Å². The van der Waals surface area contributed by atoms with E-state index in [9.17, 15) is 14.7 Å². The first-order chi connectivity index (χ1) is 13.5. The van der Waals surface area contributed by atoms with Crippen LogP contribution < -0.4 is 0 Å². The zero-order valence-electron chi connectivity index (χ0n) is 17.4. The Morgan fingerprint density at radius 1 is 1.10 bits per heavy atom. The van der Waals surface area contributed by atoms with E-state index in [1.54, 1.807) is 12.1 Å². The summed E-state index contributed by atoms with van der Waals surface area (Å²) in [5.41, 5.74) is 0.249. The molecule has 3 aliphatic heterocycles. The Labute approximate surface area is 172 Å². The molecular weight excluding hydrogens is 393 g/mol. The van der Waals surface area contributed by atoms with Gasteiger partial charge in [-0.25, -0.2) is 0 Å². The Morgan fingerprint density at radius 2 is 1.79 bits per heavy atom. The number of nitro groups is 1. The summed E-state index contributed by atoms with van der Waals surface area (Å²) in [7, 11) is -2.37. The standard InChI is InChI=1S/C21H30NO6P/c1-20(2)10-9-16(26-20)18-15-12-21(3,4)27-19(15)17(29(25)28-18)11-13-5-7-14(8-6-13)22(23)24/h5-8,15-19,29H,9-12H2,1-4H3. The van der Waals surface area contributed by atoms with Gasteiger partial charge in [0.25, 0.3) is 5.69 Å². The van der Waals surface area contributed by atoms with Gasteiger partial charge in [-0.05, 0) is 58.9 Å². The summed E-state index contributed by atoms with van der Waals surface area (Å²) >= 11 is 0. The zero-order chi connectivity index (χ0) is 21.0. The van der Waals surface area contributed by atoms with Crippen molar-refractivity contribution in [1.29, 1.82) is 0 Å². The molecule has 1 aromatic rings. The number of fused-ring (bicyclic) bond motifs is 1. The van der Waals surface area contributed by atoms with Crippen LogP contribution in [0.1, 0.15) is 52.5 Å². The number of non-ortho nitro benzene ring substituents is 1. The van der Waals surface area contributed by atoms with Crippen molar-refractivity contribution in [2.24, 2.45) is 5.92 Å². The molecule has 3 heterocycles. The maximum atomic E-state index is 13.2. The van der Waals surface area contributed by atoms with Gasteiger partial charge in [0.1, 0.15) is 0 Å². The molecule has 160 valence electrons. The van der Waals surface area contributed by atoms with Crippen LogP contribution in [0.3, 0.4) is 0 Å². The van der Waals surface area contributed by atoms with E-state index in [0.717, 1.165) is 24.8 Å². The summed E-state index contributed by atoms with van der Waals surface area (Å²) in [5, 5.41) is 10.9. The molecule has 7 nitrogen and oxygen atoms in total. The first kappa shape index (κ1) is 21.0. The van der Waals surface area contributed by atoms with E-state index in [2.05, 4.69) is 27.7 Å². The first-order valence-corrected chi connectivity index (χ1v) is 11.7. The number of hydrogen-bond acceptors (Lipinski definition) is 6. The molecule has 6 unspecified atom stereocenters. The lowest BCUT2D eigenvalue weighted by Gasteiger charge is -2.40. The van der Waals surface area contributed by atoms with Crippen LogP contribution in [0, 0.1) is 16.0 Å². The fourth-order valence-corrected chi connectivity index (χ4v) is 6.88. The Hall–Kier alpha value is -1.27. The smallest absolute Gasteiger partial charge is 0.269 e. The summed E-state index contributed by atoms with van der Waals surface area (Å²) in [6.45, 7) is 8.32. The van der Waals surface area contributed by atoms with Gasteiger partial charge in [-0.3, -0.25) is 14.7 Å². The van der Waals surface area contributed by atoms with Crippen LogP contribution in [0.5, 0.6) is 0 Å². The van der Waals surface area contributed by atoms with E-state index in [4.69, 9.17) is 14.0 Å². The molecule has 3 aliphatic rings. The number of rotatable bonds is 4. The lowest BCUT2D eigenvalue weighted by Crippen LogP contribution is -2.47. The number of hydrogen-bond donors (Lipinski definition) is 0. The highest BCUT2D eigenvalue weighted by Gasteiger charge is 2.56. The van der Waals surface area contributed by atoms with Crippen molar-refractivity contribution < 1.29 is 23.5 Å². The summed E-state index contributed by atoms with van der Waals surface area (Å²) in [6.07, 6.45) is 2.83. The Balaban J connectivity index is 1.55. The minimum absolute atomic E-state index is 0.0516. The molecule has 0 aromatic heterocycles. The number of benzene rings is 1. The van der Waals surface area contributed by atoms with Gasteiger partial charge in [-0.15, -0.1) is 0 Å².